The van der Waals surface area contributed by atoms with Crippen molar-refractivity contribution in [1.82, 2.24) is 9.62 Å². The first kappa shape index (κ1) is 26.5. The number of aryl methyl sites for hydroxylation is 1. The lowest BCUT2D eigenvalue weighted by molar-refractivity contribution is 0.0300. The molecule has 9 heteroatoms. The molecule has 0 bridgehead atoms. The van der Waals surface area contributed by atoms with Gasteiger partial charge in [0.1, 0.15) is 5.75 Å². The lowest BCUT2D eigenvalue weighted by atomic mass is 9.94. The number of ether oxygens (including phenoxy) is 2. The molecule has 3 rings (SSSR count). The summed E-state index contributed by atoms with van der Waals surface area (Å²) in [5.41, 5.74) is 3.25. The van der Waals surface area contributed by atoms with Crippen LogP contribution in [0, 0.1) is 6.92 Å². The Kier molecular flexibility index (Phi) is 8.67. The van der Waals surface area contributed by atoms with E-state index in [0.717, 1.165) is 27.3 Å². The SMILES string of the molecule is COc1cc(C)c(C(C)NS(=O)(=O)c2ccc(SC)c(C(=O)N3CCOCC3)c2)cc1C(C)C. The molecule has 2 aromatic rings. The standard InChI is InChI=1S/C25H34N2O5S2/c1-16(2)20-15-21(17(3)13-23(20)31-5)18(4)26-34(29,30)19-7-8-24(33-6)22(14-19)25(28)27-9-11-32-12-10-27/h7-8,13-16,18,26H,9-12H2,1-6H3. The zero-order valence-corrected chi connectivity index (χ0v) is 22.3. The predicted molar refractivity (Wildman–Crippen MR) is 136 cm³/mol. The molecule has 1 aliphatic heterocycles. The maximum Gasteiger partial charge on any atom is 0.255 e. The fourth-order valence-corrected chi connectivity index (χ4v) is 5.95. The third-order valence-corrected chi connectivity index (χ3v) is 8.38. The largest absolute Gasteiger partial charge is 0.496 e. The normalized spacial score (nSPS) is 15.4. The van der Waals surface area contributed by atoms with E-state index in [1.165, 1.54) is 17.8 Å². The van der Waals surface area contributed by atoms with E-state index >= 15 is 0 Å². The summed E-state index contributed by atoms with van der Waals surface area (Å²) in [4.78, 5) is 15.7. The summed E-state index contributed by atoms with van der Waals surface area (Å²) in [7, 11) is -2.23. The Balaban J connectivity index is 1.92. The van der Waals surface area contributed by atoms with Crippen molar-refractivity contribution < 1.29 is 22.7 Å². The highest BCUT2D eigenvalue weighted by Crippen LogP contribution is 2.33. The van der Waals surface area contributed by atoms with Gasteiger partial charge < -0.3 is 14.4 Å². The highest BCUT2D eigenvalue weighted by atomic mass is 32.2. The number of sulfonamides is 1. The summed E-state index contributed by atoms with van der Waals surface area (Å²) in [6.07, 6.45) is 1.87. The van der Waals surface area contributed by atoms with Crippen molar-refractivity contribution in [3.05, 3.63) is 52.6 Å². The molecular weight excluding hydrogens is 472 g/mol. The summed E-state index contributed by atoms with van der Waals surface area (Å²) in [6, 6.07) is 8.23. The molecule has 0 aromatic heterocycles. The fourth-order valence-electron chi connectivity index (χ4n) is 4.13. The zero-order valence-electron chi connectivity index (χ0n) is 20.7. The van der Waals surface area contributed by atoms with Gasteiger partial charge in [-0.15, -0.1) is 11.8 Å². The molecule has 186 valence electrons. The van der Waals surface area contributed by atoms with E-state index in [1.807, 2.05) is 32.2 Å². The van der Waals surface area contributed by atoms with Gasteiger partial charge in [0.2, 0.25) is 10.0 Å². The Hall–Kier alpha value is -2.07. The molecule has 34 heavy (non-hydrogen) atoms. The predicted octanol–water partition coefficient (Wildman–Crippen LogP) is 4.36. The second-order valence-corrected chi connectivity index (χ2v) is 11.3. The first-order chi connectivity index (χ1) is 16.1. The van der Waals surface area contributed by atoms with Crippen molar-refractivity contribution in [3.8, 4) is 5.75 Å². The Morgan fingerprint density at radius 3 is 2.38 bits per heavy atom. The van der Waals surface area contributed by atoms with Crippen LogP contribution in [0.3, 0.4) is 0 Å². The van der Waals surface area contributed by atoms with Crippen LogP contribution in [-0.2, 0) is 14.8 Å². The van der Waals surface area contributed by atoms with E-state index in [2.05, 4.69) is 18.6 Å². The van der Waals surface area contributed by atoms with Crippen molar-refractivity contribution in [3.63, 3.8) is 0 Å². The Bertz CT molecular complexity index is 1140. The van der Waals surface area contributed by atoms with Crippen LogP contribution in [0.4, 0.5) is 0 Å². The van der Waals surface area contributed by atoms with Crippen LogP contribution < -0.4 is 9.46 Å². The lowest BCUT2D eigenvalue weighted by Gasteiger charge is -2.27. The van der Waals surface area contributed by atoms with E-state index in [-0.39, 0.29) is 16.7 Å². The second-order valence-electron chi connectivity index (χ2n) is 8.72. The van der Waals surface area contributed by atoms with Crippen LogP contribution >= 0.6 is 11.8 Å². The van der Waals surface area contributed by atoms with Gasteiger partial charge in [-0.25, -0.2) is 13.1 Å². The maximum absolute atomic E-state index is 13.3. The maximum atomic E-state index is 13.3. The average molecular weight is 507 g/mol. The zero-order chi connectivity index (χ0) is 25.0. The highest BCUT2D eigenvalue weighted by molar-refractivity contribution is 7.98. The van der Waals surface area contributed by atoms with Crippen molar-refractivity contribution in [1.29, 1.82) is 0 Å². The second kappa shape index (κ2) is 11.1. The minimum absolute atomic E-state index is 0.0732. The van der Waals surface area contributed by atoms with E-state index in [4.69, 9.17) is 9.47 Å². The smallest absolute Gasteiger partial charge is 0.255 e. The minimum Gasteiger partial charge on any atom is -0.496 e. The molecule has 1 N–H and O–H groups in total. The molecule has 1 atom stereocenters. The summed E-state index contributed by atoms with van der Waals surface area (Å²) in [5.74, 6) is 0.849. The Morgan fingerprint density at radius 1 is 1.12 bits per heavy atom. The Labute approximate surface area is 207 Å². The summed E-state index contributed by atoms with van der Waals surface area (Å²) < 4.78 is 40.3. The molecular formula is C25H34N2O5S2. The summed E-state index contributed by atoms with van der Waals surface area (Å²) >= 11 is 1.42. The van der Waals surface area contributed by atoms with Crippen LogP contribution in [-0.4, -0.2) is 58.9 Å². The number of hydrogen-bond acceptors (Lipinski definition) is 6. The first-order valence-electron chi connectivity index (χ1n) is 11.3. The van der Waals surface area contributed by atoms with Gasteiger partial charge in [0.15, 0.2) is 0 Å². The lowest BCUT2D eigenvalue weighted by Crippen LogP contribution is -2.41. The molecule has 7 nitrogen and oxygen atoms in total. The number of morpholine rings is 1. The van der Waals surface area contributed by atoms with Crippen molar-refractivity contribution in [2.45, 2.75) is 49.4 Å². The van der Waals surface area contributed by atoms with Gasteiger partial charge in [0.25, 0.3) is 5.91 Å². The number of carbonyl (C=O) groups excluding carboxylic acids is 1. The first-order valence-corrected chi connectivity index (χ1v) is 14.1. The van der Waals surface area contributed by atoms with Crippen molar-refractivity contribution >= 4 is 27.7 Å². The van der Waals surface area contributed by atoms with Gasteiger partial charge in [0.05, 0.1) is 30.8 Å². The number of amides is 1. The quantitative estimate of drug-likeness (QED) is 0.536. The number of nitrogens with zero attached hydrogens (tertiary/aromatic N) is 1. The third-order valence-electron chi connectivity index (χ3n) is 6.05. The van der Waals surface area contributed by atoms with Crippen molar-refractivity contribution in [2.75, 3.05) is 39.7 Å². The summed E-state index contributed by atoms with van der Waals surface area (Å²) in [5, 5.41) is 0. The molecule has 1 heterocycles. The Morgan fingerprint density at radius 2 is 1.79 bits per heavy atom. The van der Waals surface area contributed by atoms with Gasteiger partial charge >= 0.3 is 0 Å². The minimum atomic E-state index is -3.87. The van der Waals surface area contributed by atoms with Crippen LogP contribution in [0.5, 0.6) is 5.75 Å². The fraction of sp³-hybridized carbons (Fsp3) is 0.480. The summed E-state index contributed by atoms with van der Waals surface area (Å²) in [6.45, 7) is 9.87. The van der Waals surface area contributed by atoms with Gasteiger partial charge in [-0.2, -0.15) is 0 Å². The van der Waals surface area contributed by atoms with E-state index in [0.29, 0.717) is 31.9 Å². The van der Waals surface area contributed by atoms with Gasteiger partial charge in [-0.05, 0) is 73.0 Å². The number of nitrogens with one attached hydrogen (secondary N) is 1. The molecule has 0 aliphatic carbocycles. The molecule has 2 aromatic carbocycles. The highest BCUT2D eigenvalue weighted by Gasteiger charge is 2.26. The number of carbonyl (C=O) groups is 1. The van der Waals surface area contributed by atoms with Crippen LogP contribution in [0.2, 0.25) is 0 Å². The molecule has 1 aliphatic rings. The van der Waals surface area contributed by atoms with Gasteiger partial charge in [-0.3, -0.25) is 4.79 Å². The number of thioether (sulfide) groups is 1. The number of rotatable bonds is 8. The van der Waals surface area contributed by atoms with E-state index < -0.39 is 16.1 Å². The molecule has 1 unspecified atom stereocenters. The molecule has 1 amide bonds. The topological polar surface area (TPSA) is 84.9 Å². The van der Waals surface area contributed by atoms with Crippen molar-refractivity contribution in [2.24, 2.45) is 0 Å². The monoisotopic (exact) mass is 506 g/mol. The number of methoxy groups -OCH3 is 1. The van der Waals surface area contributed by atoms with Gasteiger partial charge in [0, 0.05) is 24.0 Å². The van der Waals surface area contributed by atoms with E-state index in [9.17, 15) is 13.2 Å². The average Bonchev–Trinajstić information content (AvgIpc) is 2.82. The van der Waals surface area contributed by atoms with E-state index in [1.54, 1.807) is 24.1 Å². The molecule has 1 fully saturated rings. The van der Waals surface area contributed by atoms with Crippen LogP contribution in [0.15, 0.2) is 40.1 Å². The molecule has 1 saturated heterocycles. The third kappa shape index (κ3) is 5.76. The van der Waals surface area contributed by atoms with Gasteiger partial charge in [-0.1, -0.05) is 13.8 Å². The molecule has 0 saturated carbocycles. The van der Waals surface area contributed by atoms with Crippen LogP contribution in [0.1, 0.15) is 59.8 Å². The van der Waals surface area contributed by atoms with Crippen LogP contribution in [0.25, 0.3) is 0 Å². The molecule has 0 radical (unpaired) electrons. The molecule has 0 spiro atoms. The number of benzene rings is 2. The number of hydrogen-bond donors (Lipinski definition) is 1.